The zero-order valence-corrected chi connectivity index (χ0v) is 16.8. The normalized spacial score (nSPS) is 14.7. The van der Waals surface area contributed by atoms with Crippen molar-refractivity contribution in [3.63, 3.8) is 0 Å². The van der Waals surface area contributed by atoms with Gasteiger partial charge >= 0.3 is 0 Å². The van der Waals surface area contributed by atoms with Crippen LogP contribution >= 0.6 is 11.3 Å². The maximum absolute atomic E-state index is 13.0. The van der Waals surface area contributed by atoms with Crippen molar-refractivity contribution in [2.45, 2.75) is 32.2 Å². The van der Waals surface area contributed by atoms with Crippen LogP contribution in [0.5, 0.6) is 11.5 Å². The number of methoxy groups -OCH3 is 2. The van der Waals surface area contributed by atoms with Crippen LogP contribution in [-0.2, 0) is 11.3 Å². The molecule has 7 heteroatoms. The van der Waals surface area contributed by atoms with Crippen LogP contribution in [0.1, 0.15) is 31.2 Å². The number of benzene rings is 1. The van der Waals surface area contributed by atoms with E-state index in [1.54, 1.807) is 25.3 Å². The number of hydrogen-bond acceptors (Lipinski definition) is 6. The summed E-state index contributed by atoms with van der Waals surface area (Å²) < 4.78 is 10.8. The highest BCUT2D eigenvalue weighted by Crippen LogP contribution is 2.29. The summed E-state index contributed by atoms with van der Waals surface area (Å²) in [6.07, 6.45) is 5.51. The fourth-order valence-electron chi connectivity index (χ4n) is 3.40. The predicted octanol–water partition coefficient (Wildman–Crippen LogP) is 3.47. The number of ether oxygens (including phenoxy) is 2. The third-order valence-electron chi connectivity index (χ3n) is 5.00. The van der Waals surface area contributed by atoms with Crippen LogP contribution in [0.15, 0.2) is 29.8 Å². The van der Waals surface area contributed by atoms with Gasteiger partial charge in [-0.2, -0.15) is 0 Å². The van der Waals surface area contributed by atoms with Gasteiger partial charge in [0.1, 0.15) is 11.5 Å². The Morgan fingerprint density at radius 2 is 2.11 bits per heavy atom. The van der Waals surface area contributed by atoms with Crippen molar-refractivity contribution in [3.8, 4) is 11.5 Å². The highest BCUT2D eigenvalue weighted by molar-refractivity contribution is 7.13. The van der Waals surface area contributed by atoms with Gasteiger partial charge in [-0.25, -0.2) is 4.98 Å². The second kappa shape index (κ2) is 9.71. The van der Waals surface area contributed by atoms with E-state index in [9.17, 15) is 4.79 Å². The van der Waals surface area contributed by atoms with E-state index < -0.39 is 0 Å². The maximum Gasteiger partial charge on any atom is 0.229 e. The van der Waals surface area contributed by atoms with E-state index in [4.69, 9.17) is 9.47 Å². The zero-order valence-electron chi connectivity index (χ0n) is 15.9. The van der Waals surface area contributed by atoms with Crippen LogP contribution < -0.4 is 19.7 Å². The SMILES string of the molecule is COc1ccc(CN(C(=O)CCC2CCNCC2)c2nccs2)c(OC)c1. The summed E-state index contributed by atoms with van der Waals surface area (Å²) in [6.45, 7) is 2.54. The summed E-state index contributed by atoms with van der Waals surface area (Å²) in [5.41, 5.74) is 0.934. The average molecular weight is 390 g/mol. The molecule has 27 heavy (non-hydrogen) atoms. The third-order valence-corrected chi connectivity index (χ3v) is 5.79. The van der Waals surface area contributed by atoms with Crippen LogP contribution in [0.3, 0.4) is 0 Å². The molecule has 1 fully saturated rings. The van der Waals surface area contributed by atoms with E-state index in [1.807, 2.05) is 23.6 Å². The fraction of sp³-hybridized carbons (Fsp3) is 0.500. The number of hydrogen-bond donors (Lipinski definition) is 1. The van der Waals surface area contributed by atoms with Gasteiger partial charge < -0.3 is 14.8 Å². The van der Waals surface area contributed by atoms with E-state index in [2.05, 4.69) is 10.3 Å². The largest absolute Gasteiger partial charge is 0.497 e. The Hall–Kier alpha value is -2.12. The average Bonchev–Trinajstić information content (AvgIpc) is 3.25. The van der Waals surface area contributed by atoms with Crippen LogP contribution in [0.4, 0.5) is 5.13 Å². The van der Waals surface area contributed by atoms with Gasteiger partial charge in [-0.3, -0.25) is 9.69 Å². The Bertz CT molecular complexity index is 730. The molecular formula is C20H27N3O3S. The maximum atomic E-state index is 13.0. The minimum atomic E-state index is 0.112. The number of nitrogens with zero attached hydrogens (tertiary/aromatic N) is 2. The molecule has 0 unspecified atom stereocenters. The number of aromatic nitrogens is 1. The highest BCUT2D eigenvalue weighted by Gasteiger charge is 2.22. The first-order chi connectivity index (χ1) is 13.2. The van der Waals surface area contributed by atoms with Crippen LogP contribution in [0, 0.1) is 5.92 Å². The van der Waals surface area contributed by atoms with Gasteiger partial charge in [0.05, 0.1) is 20.8 Å². The van der Waals surface area contributed by atoms with Crippen molar-refractivity contribution in [2.24, 2.45) is 5.92 Å². The lowest BCUT2D eigenvalue weighted by molar-refractivity contribution is -0.119. The standard InChI is InChI=1S/C20H27N3O3S/c1-25-17-5-4-16(18(13-17)26-2)14-23(20-22-11-12-27-20)19(24)6-3-15-7-9-21-10-8-15/h4-5,11-13,15,21H,3,6-10,14H2,1-2H3. The van der Waals surface area contributed by atoms with Crippen molar-refractivity contribution in [2.75, 3.05) is 32.2 Å². The molecule has 0 spiro atoms. The van der Waals surface area contributed by atoms with Gasteiger partial charge in [0.2, 0.25) is 5.91 Å². The van der Waals surface area contributed by atoms with Gasteiger partial charge in [0.15, 0.2) is 5.13 Å². The Morgan fingerprint density at radius 1 is 1.30 bits per heavy atom. The number of carbonyl (C=O) groups is 1. The fourth-order valence-corrected chi connectivity index (χ4v) is 4.06. The smallest absolute Gasteiger partial charge is 0.229 e. The molecule has 0 bridgehead atoms. The molecule has 2 aromatic rings. The van der Waals surface area contributed by atoms with E-state index in [1.165, 1.54) is 11.3 Å². The second-order valence-electron chi connectivity index (χ2n) is 6.70. The molecule has 1 amide bonds. The number of nitrogens with one attached hydrogen (secondary N) is 1. The molecule has 0 radical (unpaired) electrons. The van der Waals surface area contributed by atoms with Crippen molar-refractivity contribution in [1.29, 1.82) is 0 Å². The first-order valence-corrected chi connectivity index (χ1v) is 10.2. The van der Waals surface area contributed by atoms with Gasteiger partial charge in [0, 0.05) is 29.6 Å². The number of amides is 1. The number of rotatable bonds is 8. The topological polar surface area (TPSA) is 63.7 Å². The molecule has 1 aliphatic rings. The number of piperidine rings is 1. The molecule has 146 valence electrons. The van der Waals surface area contributed by atoms with E-state index in [-0.39, 0.29) is 5.91 Å². The molecule has 2 heterocycles. The van der Waals surface area contributed by atoms with Crippen molar-refractivity contribution >= 4 is 22.4 Å². The van der Waals surface area contributed by atoms with E-state index >= 15 is 0 Å². The first-order valence-electron chi connectivity index (χ1n) is 9.32. The molecule has 6 nitrogen and oxygen atoms in total. The summed E-state index contributed by atoms with van der Waals surface area (Å²) in [6, 6.07) is 5.67. The van der Waals surface area contributed by atoms with E-state index in [0.29, 0.717) is 24.6 Å². The summed E-state index contributed by atoms with van der Waals surface area (Å²) in [4.78, 5) is 19.2. The summed E-state index contributed by atoms with van der Waals surface area (Å²) in [5, 5.41) is 6.00. The van der Waals surface area contributed by atoms with Crippen LogP contribution in [0.25, 0.3) is 0 Å². The Labute approximate surface area is 164 Å². The molecule has 1 aromatic heterocycles. The first kappa shape index (κ1) is 19.6. The Balaban J connectivity index is 1.73. The monoisotopic (exact) mass is 389 g/mol. The summed E-state index contributed by atoms with van der Waals surface area (Å²) >= 11 is 1.48. The zero-order chi connectivity index (χ0) is 19.1. The van der Waals surface area contributed by atoms with Crippen LogP contribution in [-0.4, -0.2) is 38.2 Å². The minimum absolute atomic E-state index is 0.112. The molecule has 3 rings (SSSR count). The van der Waals surface area contributed by atoms with Gasteiger partial charge in [0.25, 0.3) is 0 Å². The molecule has 0 aliphatic carbocycles. The lowest BCUT2D eigenvalue weighted by Crippen LogP contribution is -2.32. The van der Waals surface area contributed by atoms with Crippen molar-refractivity contribution in [1.82, 2.24) is 10.3 Å². The van der Waals surface area contributed by atoms with E-state index in [0.717, 1.165) is 48.8 Å². The van der Waals surface area contributed by atoms with Crippen molar-refractivity contribution < 1.29 is 14.3 Å². The predicted molar refractivity (Wildman–Crippen MR) is 108 cm³/mol. The van der Waals surface area contributed by atoms with Gasteiger partial charge in [-0.1, -0.05) is 0 Å². The third kappa shape index (κ3) is 5.20. The summed E-state index contributed by atoms with van der Waals surface area (Å²) in [7, 11) is 3.26. The molecule has 1 N–H and O–H groups in total. The second-order valence-corrected chi connectivity index (χ2v) is 7.58. The molecule has 1 aliphatic heterocycles. The number of carbonyl (C=O) groups excluding carboxylic acids is 1. The molecule has 1 aromatic carbocycles. The van der Waals surface area contributed by atoms with Gasteiger partial charge in [-0.15, -0.1) is 11.3 Å². The highest BCUT2D eigenvalue weighted by atomic mass is 32.1. The van der Waals surface area contributed by atoms with Gasteiger partial charge in [-0.05, 0) is 50.4 Å². The Kier molecular flexibility index (Phi) is 7.06. The molecule has 1 saturated heterocycles. The lowest BCUT2D eigenvalue weighted by atomic mass is 9.93. The number of thiazole rings is 1. The van der Waals surface area contributed by atoms with Crippen molar-refractivity contribution in [3.05, 3.63) is 35.3 Å². The van der Waals surface area contributed by atoms with Crippen LogP contribution in [0.2, 0.25) is 0 Å². The molecular weight excluding hydrogens is 362 g/mol. The summed E-state index contributed by atoms with van der Waals surface area (Å²) in [5.74, 6) is 2.18. The lowest BCUT2D eigenvalue weighted by Gasteiger charge is -2.25. The minimum Gasteiger partial charge on any atom is -0.497 e. The molecule has 0 atom stereocenters. The number of anilines is 1. The quantitative estimate of drug-likeness (QED) is 0.749. The molecule has 0 saturated carbocycles. The Morgan fingerprint density at radius 3 is 2.78 bits per heavy atom.